The second-order valence-corrected chi connectivity index (χ2v) is 9.72. The summed E-state index contributed by atoms with van der Waals surface area (Å²) in [5.74, 6) is -1.02. The molecule has 10 nitrogen and oxygen atoms in total. The summed E-state index contributed by atoms with van der Waals surface area (Å²) >= 11 is 0. The number of nitrogens with one attached hydrogen (secondary N) is 2. The van der Waals surface area contributed by atoms with Crippen LogP contribution in [0.25, 0.3) is 11.0 Å². The molecule has 5 N–H and O–H groups in total. The number of nitrogens with two attached hydrogens (primary N) is 1. The number of rotatable bonds is 3. The van der Waals surface area contributed by atoms with Gasteiger partial charge in [-0.05, 0) is 37.1 Å². The largest absolute Gasteiger partial charge is 0.368 e. The number of aliphatic hydroxyl groups is 1. The summed E-state index contributed by atoms with van der Waals surface area (Å²) in [6, 6.07) is 4.96. The molecule has 2 aliphatic rings. The molecular formula is C20H21FN6O4S. The van der Waals surface area contributed by atoms with Crippen LogP contribution in [-0.4, -0.2) is 34.0 Å². The van der Waals surface area contributed by atoms with Crippen molar-refractivity contribution >= 4 is 38.6 Å². The molecule has 168 valence electrons. The summed E-state index contributed by atoms with van der Waals surface area (Å²) in [5.41, 5.74) is 0.0987. The van der Waals surface area contributed by atoms with Crippen LogP contribution in [0.15, 0.2) is 35.4 Å². The molecule has 0 saturated heterocycles. The molecule has 3 heterocycles. The molecule has 12 heteroatoms. The van der Waals surface area contributed by atoms with Gasteiger partial charge in [-0.3, -0.25) is 4.79 Å². The summed E-state index contributed by atoms with van der Waals surface area (Å²) in [7, 11) is -4.04. The first-order chi connectivity index (χ1) is 15.2. The Morgan fingerprint density at radius 3 is 2.69 bits per heavy atom. The van der Waals surface area contributed by atoms with E-state index in [2.05, 4.69) is 20.6 Å². The standard InChI is InChI=1S/C20H21FN6O4S/c21-13-9-12(32(22,30)31)4-5-14(13)24-19-23-10-11-8-15-17(28)26-18(29)20(6-2-1-3-7-20)27(15)16(11)25-19/h4-5,8-10,17,28H,1-3,6-7H2,(H,26,29)(H2,22,30,31)(H,23,24,25). The maximum Gasteiger partial charge on any atom is 0.248 e. The number of sulfonamides is 1. The van der Waals surface area contributed by atoms with E-state index in [1.165, 1.54) is 18.3 Å². The number of carbonyl (C=O) groups is 1. The molecule has 1 saturated carbocycles. The van der Waals surface area contributed by atoms with Crippen LogP contribution in [0.2, 0.25) is 0 Å². The number of fused-ring (bicyclic) bond motifs is 4. The van der Waals surface area contributed by atoms with Gasteiger partial charge in [0.25, 0.3) is 0 Å². The van der Waals surface area contributed by atoms with Gasteiger partial charge in [0.1, 0.15) is 17.0 Å². The number of amides is 1. The van der Waals surface area contributed by atoms with Gasteiger partial charge in [-0.25, -0.2) is 22.9 Å². The summed E-state index contributed by atoms with van der Waals surface area (Å²) in [6.07, 6.45) is 4.39. The minimum atomic E-state index is -4.04. The molecule has 0 radical (unpaired) electrons. The third-order valence-electron chi connectivity index (χ3n) is 6.16. The Hall–Kier alpha value is -3.09. The number of anilines is 2. The monoisotopic (exact) mass is 460 g/mol. The highest BCUT2D eigenvalue weighted by Crippen LogP contribution is 2.43. The lowest BCUT2D eigenvalue weighted by atomic mass is 9.79. The fraction of sp³-hybridized carbons (Fsp3) is 0.350. The molecule has 1 amide bonds. The van der Waals surface area contributed by atoms with E-state index in [0.29, 0.717) is 29.6 Å². The number of benzene rings is 1. The molecule has 3 aromatic rings. The molecule has 5 rings (SSSR count). The van der Waals surface area contributed by atoms with Crippen molar-refractivity contribution in [2.45, 2.75) is 48.8 Å². The molecule has 1 aromatic carbocycles. The van der Waals surface area contributed by atoms with Crippen molar-refractivity contribution in [3.05, 3.63) is 42.0 Å². The maximum atomic E-state index is 14.5. The first-order valence-electron chi connectivity index (χ1n) is 10.2. The van der Waals surface area contributed by atoms with Gasteiger partial charge in [-0.2, -0.15) is 4.98 Å². The zero-order chi connectivity index (χ0) is 22.7. The average Bonchev–Trinajstić information content (AvgIpc) is 3.14. The van der Waals surface area contributed by atoms with Gasteiger partial charge >= 0.3 is 0 Å². The molecule has 0 bridgehead atoms. The van der Waals surface area contributed by atoms with Crippen molar-refractivity contribution in [2.75, 3.05) is 5.32 Å². The van der Waals surface area contributed by atoms with Gasteiger partial charge < -0.3 is 20.3 Å². The highest BCUT2D eigenvalue weighted by Gasteiger charge is 2.48. The van der Waals surface area contributed by atoms with Gasteiger partial charge in [-0.15, -0.1) is 0 Å². The quantitative estimate of drug-likeness (QED) is 0.464. The van der Waals surface area contributed by atoms with Crippen molar-refractivity contribution in [1.82, 2.24) is 19.9 Å². The summed E-state index contributed by atoms with van der Waals surface area (Å²) in [5, 5.41) is 21.5. The topological polar surface area (TPSA) is 152 Å². The van der Waals surface area contributed by atoms with E-state index in [-0.39, 0.29) is 22.4 Å². The number of aromatic nitrogens is 3. The van der Waals surface area contributed by atoms with Gasteiger partial charge in [-0.1, -0.05) is 19.3 Å². The average molecular weight is 460 g/mol. The summed E-state index contributed by atoms with van der Waals surface area (Å²) in [4.78, 5) is 21.3. The first-order valence-corrected chi connectivity index (χ1v) is 11.7. The number of halogens is 1. The third kappa shape index (κ3) is 3.22. The minimum Gasteiger partial charge on any atom is -0.368 e. The minimum absolute atomic E-state index is 0.0349. The Bertz CT molecular complexity index is 1350. The Kier molecular flexibility index (Phi) is 4.69. The molecule has 32 heavy (non-hydrogen) atoms. The van der Waals surface area contributed by atoms with E-state index < -0.39 is 27.6 Å². The van der Waals surface area contributed by atoms with E-state index in [0.717, 1.165) is 25.3 Å². The number of carbonyl (C=O) groups excluding carboxylic acids is 1. The van der Waals surface area contributed by atoms with Crippen molar-refractivity contribution in [3.8, 4) is 0 Å². The van der Waals surface area contributed by atoms with Crippen molar-refractivity contribution in [1.29, 1.82) is 0 Å². The number of hydrogen-bond acceptors (Lipinski definition) is 7. The molecule has 1 aliphatic heterocycles. The number of aliphatic hydroxyl groups excluding tert-OH is 1. The lowest BCUT2D eigenvalue weighted by Gasteiger charge is -2.43. The molecule has 1 spiro atoms. The van der Waals surface area contributed by atoms with Crippen LogP contribution in [0.1, 0.15) is 44.0 Å². The lowest BCUT2D eigenvalue weighted by Crippen LogP contribution is -2.55. The summed E-state index contributed by atoms with van der Waals surface area (Å²) in [6.45, 7) is 0. The fourth-order valence-electron chi connectivity index (χ4n) is 4.64. The molecular weight excluding hydrogens is 439 g/mol. The molecule has 1 aliphatic carbocycles. The van der Waals surface area contributed by atoms with Crippen molar-refractivity contribution in [3.63, 3.8) is 0 Å². The highest BCUT2D eigenvalue weighted by molar-refractivity contribution is 7.89. The van der Waals surface area contributed by atoms with Crippen LogP contribution in [-0.2, 0) is 20.4 Å². The SMILES string of the molecule is NS(=O)(=O)c1ccc(Nc2ncc3cc4n(c3n2)C2(CCCCC2)C(=O)NC4O)c(F)c1. The lowest BCUT2D eigenvalue weighted by molar-refractivity contribution is -0.138. The smallest absolute Gasteiger partial charge is 0.248 e. The third-order valence-corrected chi connectivity index (χ3v) is 7.08. The van der Waals surface area contributed by atoms with Crippen LogP contribution >= 0.6 is 0 Å². The first kappa shape index (κ1) is 20.8. The fourth-order valence-corrected chi connectivity index (χ4v) is 5.16. The van der Waals surface area contributed by atoms with Crippen LogP contribution in [0.3, 0.4) is 0 Å². The van der Waals surface area contributed by atoms with Gasteiger partial charge in [0, 0.05) is 11.6 Å². The summed E-state index contributed by atoms with van der Waals surface area (Å²) < 4.78 is 39.1. The highest BCUT2D eigenvalue weighted by atomic mass is 32.2. The molecule has 1 unspecified atom stereocenters. The number of hydrogen-bond donors (Lipinski definition) is 4. The van der Waals surface area contributed by atoms with E-state index in [1.54, 1.807) is 10.6 Å². The Labute approximate surface area is 182 Å². The second-order valence-electron chi connectivity index (χ2n) is 8.16. The van der Waals surface area contributed by atoms with Crippen LogP contribution in [0.4, 0.5) is 16.0 Å². The van der Waals surface area contributed by atoms with E-state index in [1.807, 2.05) is 0 Å². The zero-order valence-electron chi connectivity index (χ0n) is 16.9. The Balaban J connectivity index is 1.59. The van der Waals surface area contributed by atoms with Crippen molar-refractivity contribution < 1.29 is 22.7 Å². The van der Waals surface area contributed by atoms with Crippen LogP contribution in [0.5, 0.6) is 0 Å². The number of nitrogens with zero attached hydrogens (tertiary/aromatic N) is 3. The molecule has 1 atom stereocenters. The maximum absolute atomic E-state index is 14.5. The van der Waals surface area contributed by atoms with Crippen LogP contribution in [0, 0.1) is 5.82 Å². The Morgan fingerprint density at radius 1 is 1.25 bits per heavy atom. The predicted octanol–water partition coefficient (Wildman–Crippen LogP) is 1.74. The molecule has 1 fully saturated rings. The van der Waals surface area contributed by atoms with Crippen LogP contribution < -0.4 is 15.8 Å². The van der Waals surface area contributed by atoms with Crippen molar-refractivity contribution in [2.24, 2.45) is 5.14 Å². The van der Waals surface area contributed by atoms with E-state index in [4.69, 9.17) is 5.14 Å². The predicted molar refractivity (Wildman–Crippen MR) is 113 cm³/mol. The van der Waals surface area contributed by atoms with Gasteiger partial charge in [0.15, 0.2) is 6.23 Å². The Morgan fingerprint density at radius 2 is 2.00 bits per heavy atom. The molecule has 2 aromatic heterocycles. The van der Waals surface area contributed by atoms with E-state index in [9.17, 15) is 22.7 Å². The second kappa shape index (κ2) is 7.22. The van der Waals surface area contributed by atoms with Gasteiger partial charge in [0.05, 0.1) is 16.3 Å². The van der Waals surface area contributed by atoms with Gasteiger partial charge in [0.2, 0.25) is 21.9 Å². The van der Waals surface area contributed by atoms with E-state index >= 15 is 0 Å². The normalized spacial score (nSPS) is 20.2. The number of primary sulfonamides is 1. The zero-order valence-corrected chi connectivity index (χ0v) is 17.7.